The second kappa shape index (κ2) is 6.57. The van der Waals surface area contributed by atoms with Crippen LogP contribution in [0.5, 0.6) is 0 Å². The van der Waals surface area contributed by atoms with Crippen molar-refractivity contribution >= 4 is 23.5 Å². The minimum absolute atomic E-state index is 0.0482. The largest absolute Gasteiger partial charge is 0.359 e. The van der Waals surface area contributed by atoms with Crippen LogP contribution in [-0.2, 0) is 4.79 Å². The third kappa shape index (κ3) is 3.02. The van der Waals surface area contributed by atoms with E-state index in [1.165, 1.54) is 11.8 Å². The van der Waals surface area contributed by atoms with Crippen LogP contribution in [0.25, 0.3) is 0 Å². The van der Waals surface area contributed by atoms with E-state index in [-0.39, 0.29) is 11.8 Å². The second-order valence-corrected chi connectivity index (χ2v) is 5.38. The monoisotopic (exact) mass is 291 g/mol. The summed E-state index contributed by atoms with van der Waals surface area (Å²) in [6, 6.07) is 2.13. The van der Waals surface area contributed by atoms with Gasteiger partial charge in [0, 0.05) is 20.1 Å². The van der Waals surface area contributed by atoms with Crippen molar-refractivity contribution in [3.63, 3.8) is 0 Å². The second-order valence-electron chi connectivity index (χ2n) is 4.61. The smallest absolute Gasteiger partial charge is 0.224 e. The molecule has 2 rings (SSSR count). The Balaban J connectivity index is 2.26. The van der Waals surface area contributed by atoms with Gasteiger partial charge in [-0.15, -0.1) is 0 Å². The number of amides is 1. The number of aromatic nitrogens is 2. The van der Waals surface area contributed by atoms with E-state index in [9.17, 15) is 10.1 Å². The van der Waals surface area contributed by atoms with Crippen molar-refractivity contribution < 1.29 is 4.79 Å². The number of hydrogen-bond donors (Lipinski definition) is 1. The Morgan fingerprint density at radius 2 is 2.45 bits per heavy atom. The van der Waals surface area contributed by atoms with Crippen molar-refractivity contribution in [3.05, 3.63) is 11.8 Å². The van der Waals surface area contributed by atoms with Crippen LogP contribution in [0.3, 0.4) is 0 Å². The molecule has 1 N–H and O–H groups in total. The Bertz CT molecular complexity index is 542. The lowest BCUT2D eigenvalue weighted by Gasteiger charge is -2.33. The molecule has 1 atom stereocenters. The van der Waals surface area contributed by atoms with Gasteiger partial charge in [-0.3, -0.25) is 4.79 Å². The average Bonchev–Trinajstić information content (AvgIpc) is 2.53. The molecule has 1 amide bonds. The number of nitrogens with one attached hydrogen (secondary N) is 1. The van der Waals surface area contributed by atoms with Gasteiger partial charge in [-0.2, -0.15) is 5.26 Å². The quantitative estimate of drug-likeness (QED) is 0.662. The van der Waals surface area contributed by atoms with Gasteiger partial charge >= 0.3 is 0 Å². The molecule has 1 aliphatic rings. The fraction of sp³-hybridized carbons (Fsp3) is 0.538. The summed E-state index contributed by atoms with van der Waals surface area (Å²) in [5, 5.41) is 12.5. The number of nitriles is 1. The Hall–Kier alpha value is -1.81. The van der Waals surface area contributed by atoms with E-state index < -0.39 is 0 Å². The van der Waals surface area contributed by atoms with E-state index in [4.69, 9.17) is 0 Å². The van der Waals surface area contributed by atoms with Crippen LogP contribution in [0.4, 0.5) is 5.82 Å². The number of hydrogen-bond acceptors (Lipinski definition) is 6. The molecule has 1 fully saturated rings. The molecule has 0 bridgehead atoms. The van der Waals surface area contributed by atoms with Gasteiger partial charge in [0.05, 0.1) is 12.1 Å². The summed E-state index contributed by atoms with van der Waals surface area (Å²) in [5.74, 6) is 0.640. The highest BCUT2D eigenvalue weighted by Gasteiger charge is 2.27. The van der Waals surface area contributed by atoms with E-state index in [1.807, 2.05) is 11.2 Å². The Morgan fingerprint density at radius 1 is 1.65 bits per heavy atom. The summed E-state index contributed by atoms with van der Waals surface area (Å²) < 4.78 is 0. The third-order valence-corrected chi connectivity index (χ3v) is 3.95. The van der Waals surface area contributed by atoms with Crippen LogP contribution >= 0.6 is 11.8 Å². The number of carbonyl (C=O) groups excluding carboxylic acids is 1. The highest BCUT2D eigenvalue weighted by Crippen LogP contribution is 2.25. The highest BCUT2D eigenvalue weighted by atomic mass is 32.2. The van der Waals surface area contributed by atoms with Crippen LogP contribution in [0, 0.1) is 17.2 Å². The predicted octanol–water partition coefficient (Wildman–Crippen LogP) is 1.03. The highest BCUT2D eigenvalue weighted by molar-refractivity contribution is 7.98. The molecule has 6 nitrogen and oxygen atoms in total. The summed E-state index contributed by atoms with van der Waals surface area (Å²) in [7, 11) is 1.65. The number of carbonyl (C=O) groups is 1. The summed E-state index contributed by atoms with van der Waals surface area (Å²) in [5.41, 5.74) is 0.459. The molecule has 106 valence electrons. The predicted molar refractivity (Wildman–Crippen MR) is 77.5 cm³/mol. The SMILES string of the molecule is CNC(=O)C1CCCN(c2nc(SC)ncc2C#N)C1. The number of nitrogens with zero attached hydrogens (tertiary/aromatic N) is 4. The summed E-state index contributed by atoms with van der Waals surface area (Å²) in [6.07, 6.45) is 5.24. The topological polar surface area (TPSA) is 81.9 Å². The molecular weight excluding hydrogens is 274 g/mol. The van der Waals surface area contributed by atoms with Crippen molar-refractivity contribution in [3.8, 4) is 6.07 Å². The van der Waals surface area contributed by atoms with Crippen molar-refractivity contribution in [2.24, 2.45) is 5.92 Å². The number of piperidine rings is 1. The molecule has 1 saturated heterocycles. The molecule has 7 heteroatoms. The van der Waals surface area contributed by atoms with Gasteiger partial charge in [-0.05, 0) is 19.1 Å². The van der Waals surface area contributed by atoms with E-state index in [2.05, 4.69) is 21.4 Å². The van der Waals surface area contributed by atoms with Crippen LogP contribution in [0.15, 0.2) is 11.4 Å². The molecule has 1 aromatic heterocycles. The lowest BCUT2D eigenvalue weighted by atomic mass is 9.97. The molecular formula is C13H17N5OS. The fourth-order valence-corrected chi connectivity index (χ4v) is 2.70. The third-order valence-electron chi connectivity index (χ3n) is 3.39. The van der Waals surface area contributed by atoms with Crippen LogP contribution in [-0.4, -0.2) is 42.3 Å². The Labute approximate surface area is 122 Å². The summed E-state index contributed by atoms with van der Waals surface area (Å²) >= 11 is 1.44. The van der Waals surface area contributed by atoms with Gasteiger partial charge in [-0.25, -0.2) is 9.97 Å². The van der Waals surface area contributed by atoms with Crippen molar-refractivity contribution in [1.29, 1.82) is 5.26 Å². The zero-order valence-corrected chi connectivity index (χ0v) is 12.4. The van der Waals surface area contributed by atoms with Crippen molar-refractivity contribution in [1.82, 2.24) is 15.3 Å². The zero-order chi connectivity index (χ0) is 14.5. The van der Waals surface area contributed by atoms with Crippen molar-refractivity contribution in [2.45, 2.75) is 18.0 Å². The molecule has 0 spiro atoms. The van der Waals surface area contributed by atoms with E-state index in [0.717, 1.165) is 19.4 Å². The van der Waals surface area contributed by atoms with Crippen LogP contribution in [0.1, 0.15) is 18.4 Å². The average molecular weight is 291 g/mol. The molecule has 0 aromatic carbocycles. The Morgan fingerprint density at radius 3 is 3.10 bits per heavy atom. The zero-order valence-electron chi connectivity index (χ0n) is 11.6. The lowest BCUT2D eigenvalue weighted by molar-refractivity contribution is -0.124. The summed E-state index contributed by atoms with van der Waals surface area (Å²) in [4.78, 5) is 22.3. The first-order valence-electron chi connectivity index (χ1n) is 6.47. The van der Waals surface area contributed by atoms with Gasteiger partial charge in [0.15, 0.2) is 11.0 Å². The molecule has 0 radical (unpaired) electrons. The summed E-state index contributed by atoms with van der Waals surface area (Å²) in [6.45, 7) is 1.41. The fourth-order valence-electron chi connectivity index (χ4n) is 2.36. The standard InChI is InChI=1S/C13H17N5OS/c1-15-12(19)9-4-3-5-18(8-9)11-10(6-14)7-16-13(17-11)20-2/h7,9H,3-5,8H2,1-2H3,(H,15,19). The van der Waals surface area contributed by atoms with Crippen molar-refractivity contribution in [2.75, 3.05) is 31.3 Å². The first-order chi connectivity index (χ1) is 9.69. The maximum absolute atomic E-state index is 11.8. The van der Waals surface area contributed by atoms with E-state index in [0.29, 0.717) is 23.1 Å². The van der Waals surface area contributed by atoms with Crippen LogP contribution in [0.2, 0.25) is 0 Å². The minimum atomic E-state index is -0.0482. The van der Waals surface area contributed by atoms with Gasteiger partial charge in [0.25, 0.3) is 0 Å². The molecule has 20 heavy (non-hydrogen) atoms. The van der Waals surface area contributed by atoms with Gasteiger partial charge < -0.3 is 10.2 Å². The first kappa shape index (κ1) is 14.6. The van der Waals surface area contributed by atoms with Crippen LogP contribution < -0.4 is 10.2 Å². The number of rotatable bonds is 3. The van der Waals surface area contributed by atoms with Gasteiger partial charge in [-0.1, -0.05) is 11.8 Å². The Kier molecular flexibility index (Phi) is 4.79. The molecule has 0 aliphatic carbocycles. The lowest BCUT2D eigenvalue weighted by Crippen LogP contribution is -2.42. The van der Waals surface area contributed by atoms with Gasteiger partial charge in [0.1, 0.15) is 11.6 Å². The first-order valence-corrected chi connectivity index (χ1v) is 7.69. The molecule has 1 aliphatic heterocycles. The van der Waals surface area contributed by atoms with Gasteiger partial charge in [0.2, 0.25) is 5.91 Å². The van der Waals surface area contributed by atoms with E-state index in [1.54, 1.807) is 13.2 Å². The maximum Gasteiger partial charge on any atom is 0.224 e. The molecule has 1 aromatic rings. The molecule has 0 saturated carbocycles. The number of anilines is 1. The van der Waals surface area contributed by atoms with E-state index >= 15 is 0 Å². The normalized spacial score (nSPS) is 18.4. The maximum atomic E-state index is 11.8. The number of thioether (sulfide) groups is 1. The molecule has 1 unspecified atom stereocenters. The molecule has 2 heterocycles. The minimum Gasteiger partial charge on any atom is -0.359 e.